The van der Waals surface area contributed by atoms with E-state index in [0.29, 0.717) is 5.15 Å². The topological polar surface area (TPSA) is 17.8 Å². The number of nitrogens with zero attached hydrogens (tertiary/aromatic N) is 2. The lowest BCUT2D eigenvalue weighted by Crippen LogP contribution is -1.98. The zero-order valence-corrected chi connectivity index (χ0v) is 9.14. The van der Waals surface area contributed by atoms with Gasteiger partial charge in [-0.2, -0.15) is 0 Å². The van der Waals surface area contributed by atoms with Crippen molar-refractivity contribution in [2.24, 2.45) is 0 Å². The van der Waals surface area contributed by atoms with Gasteiger partial charge in [0.2, 0.25) is 0 Å². The first kappa shape index (κ1) is 10.6. The summed E-state index contributed by atoms with van der Waals surface area (Å²) in [6, 6.07) is 0. The van der Waals surface area contributed by atoms with Gasteiger partial charge < -0.3 is 4.57 Å². The molecule has 0 radical (unpaired) electrons. The lowest BCUT2D eigenvalue weighted by atomic mass is 10.2. The number of hydrogen-bond acceptors (Lipinski definition) is 1. The van der Waals surface area contributed by atoms with Crippen molar-refractivity contribution in [1.29, 1.82) is 0 Å². The minimum absolute atomic E-state index is 0.605. The Morgan fingerprint density at radius 2 is 2.15 bits per heavy atom. The van der Waals surface area contributed by atoms with Crippen molar-refractivity contribution in [3.05, 3.63) is 17.2 Å². The fraction of sp³-hybridized carbons (Fsp3) is 0.700. The van der Waals surface area contributed by atoms with Gasteiger partial charge in [-0.25, -0.2) is 4.98 Å². The summed E-state index contributed by atoms with van der Waals surface area (Å²) < 4.78 is 2.12. The predicted octanol–water partition coefficient (Wildman–Crippen LogP) is 3.43. The van der Waals surface area contributed by atoms with Gasteiger partial charge in [-0.15, -0.1) is 0 Å². The Morgan fingerprint density at radius 1 is 1.38 bits per heavy atom. The molecule has 0 saturated heterocycles. The quantitative estimate of drug-likeness (QED) is 0.666. The van der Waals surface area contributed by atoms with Crippen LogP contribution in [0, 0.1) is 6.92 Å². The van der Waals surface area contributed by atoms with Crippen molar-refractivity contribution >= 4 is 11.6 Å². The van der Waals surface area contributed by atoms with E-state index in [9.17, 15) is 0 Å². The average Bonchev–Trinajstić information content (AvgIpc) is 2.39. The summed E-state index contributed by atoms with van der Waals surface area (Å²) in [6.07, 6.45) is 7.03. The predicted molar refractivity (Wildman–Crippen MR) is 56.1 cm³/mol. The van der Waals surface area contributed by atoms with Crippen molar-refractivity contribution < 1.29 is 0 Å². The Bertz CT molecular complexity index is 255. The van der Waals surface area contributed by atoms with Crippen LogP contribution in [0.15, 0.2) is 6.20 Å². The van der Waals surface area contributed by atoms with Gasteiger partial charge in [0.25, 0.3) is 0 Å². The van der Waals surface area contributed by atoms with Crippen LogP contribution in [-0.4, -0.2) is 9.55 Å². The second kappa shape index (κ2) is 5.28. The summed E-state index contributed by atoms with van der Waals surface area (Å²) >= 11 is 5.77. The monoisotopic (exact) mass is 200 g/mol. The SMILES string of the molecule is CCCCCCn1cc(Cl)nc1C. The van der Waals surface area contributed by atoms with Gasteiger partial charge in [-0.1, -0.05) is 37.8 Å². The third kappa shape index (κ3) is 3.39. The molecule has 2 nitrogen and oxygen atoms in total. The molecule has 0 N–H and O–H groups in total. The summed E-state index contributed by atoms with van der Waals surface area (Å²) in [7, 11) is 0. The van der Waals surface area contributed by atoms with Gasteiger partial charge in [0.15, 0.2) is 0 Å². The van der Waals surface area contributed by atoms with E-state index in [4.69, 9.17) is 11.6 Å². The van der Waals surface area contributed by atoms with Crippen molar-refractivity contribution in [3.63, 3.8) is 0 Å². The van der Waals surface area contributed by atoms with Gasteiger partial charge >= 0.3 is 0 Å². The molecule has 0 amide bonds. The molecule has 3 heteroatoms. The van der Waals surface area contributed by atoms with E-state index in [1.54, 1.807) is 0 Å². The Hall–Kier alpha value is -0.500. The van der Waals surface area contributed by atoms with Gasteiger partial charge in [0.05, 0.1) is 0 Å². The van der Waals surface area contributed by atoms with Crippen LogP contribution < -0.4 is 0 Å². The second-order valence-corrected chi connectivity index (χ2v) is 3.75. The van der Waals surface area contributed by atoms with Crippen LogP contribution >= 0.6 is 11.6 Å². The highest BCUT2D eigenvalue weighted by atomic mass is 35.5. The first-order valence-corrected chi connectivity index (χ1v) is 5.31. The van der Waals surface area contributed by atoms with E-state index in [2.05, 4.69) is 16.5 Å². The van der Waals surface area contributed by atoms with E-state index in [0.717, 1.165) is 12.4 Å². The number of imidazole rings is 1. The van der Waals surface area contributed by atoms with Crippen molar-refractivity contribution in [3.8, 4) is 0 Å². The van der Waals surface area contributed by atoms with Crippen LogP contribution in [0.3, 0.4) is 0 Å². The smallest absolute Gasteiger partial charge is 0.147 e. The van der Waals surface area contributed by atoms with Crippen molar-refractivity contribution in [2.45, 2.75) is 46.1 Å². The molecule has 0 fully saturated rings. The zero-order chi connectivity index (χ0) is 9.68. The Labute approximate surface area is 84.9 Å². The van der Waals surface area contributed by atoms with Gasteiger partial charge in [0.1, 0.15) is 11.0 Å². The number of rotatable bonds is 5. The minimum atomic E-state index is 0.605. The van der Waals surface area contributed by atoms with Crippen LogP contribution in [-0.2, 0) is 6.54 Å². The lowest BCUT2D eigenvalue weighted by Gasteiger charge is -2.03. The summed E-state index contributed by atoms with van der Waals surface area (Å²) in [6.45, 7) is 5.26. The molecular weight excluding hydrogens is 184 g/mol. The summed E-state index contributed by atoms with van der Waals surface area (Å²) in [5, 5.41) is 0.605. The number of halogens is 1. The van der Waals surface area contributed by atoms with Crippen LogP contribution in [0.5, 0.6) is 0 Å². The van der Waals surface area contributed by atoms with Crippen LogP contribution in [0.1, 0.15) is 38.4 Å². The molecule has 13 heavy (non-hydrogen) atoms. The standard InChI is InChI=1S/C10H17ClN2/c1-3-4-5-6-7-13-8-10(11)12-9(13)2/h8H,3-7H2,1-2H3. The van der Waals surface area contributed by atoms with E-state index in [1.165, 1.54) is 25.7 Å². The lowest BCUT2D eigenvalue weighted by molar-refractivity contribution is 0.573. The molecule has 0 bridgehead atoms. The molecule has 0 aliphatic rings. The normalized spacial score (nSPS) is 10.7. The molecule has 0 aliphatic heterocycles. The Balaban J connectivity index is 2.32. The summed E-state index contributed by atoms with van der Waals surface area (Å²) in [4.78, 5) is 4.14. The number of aromatic nitrogens is 2. The van der Waals surface area contributed by atoms with E-state index in [-0.39, 0.29) is 0 Å². The minimum Gasteiger partial charge on any atom is -0.334 e. The summed E-state index contributed by atoms with van der Waals surface area (Å²) in [5.41, 5.74) is 0. The third-order valence-corrected chi connectivity index (χ3v) is 2.38. The van der Waals surface area contributed by atoms with E-state index >= 15 is 0 Å². The molecule has 0 saturated carbocycles. The molecule has 0 aliphatic carbocycles. The first-order valence-electron chi connectivity index (χ1n) is 4.93. The zero-order valence-electron chi connectivity index (χ0n) is 8.39. The Kier molecular flexibility index (Phi) is 4.29. The highest BCUT2D eigenvalue weighted by Gasteiger charge is 2.00. The molecular formula is C10H17ClN2. The Morgan fingerprint density at radius 3 is 2.69 bits per heavy atom. The first-order chi connectivity index (χ1) is 6.24. The second-order valence-electron chi connectivity index (χ2n) is 3.36. The highest BCUT2D eigenvalue weighted by Crippen LogP contribution is 2.09. The molecule has 0 spiro atoms. The largest absolute Gasteiger partial charge is 0.334 e. The number of unbranched alkanes of at least 4 members (excludes halogenated alkanes) is 3. The maximum atomic E-state index is 5.77. The molecule has 0 unspecified atom stereocenters. The number of aryl methyl sites for hydroxylation is 2. The average molecular weight is 201 g/mol. The fourth-order valence-corrected chi connectivity index (χ4v) is 1.65. The van der Waals surface area contributed by atoms with Crippen molar-refractivity contribution in [1.82, 2.24) is 9.55 Å². The molecule has 1 rings (SSSR count). The van der Waals surface area contributed by atoms with Gasteiger partial charge in [0, 0.05) is 12.7 Å². The molecule has 1 aromatic rings. The molecule has 1 heterocycles. The summed E-state index contributed by atoms with van der Waals surface area (Å²) in [5.74, 6) is 1.02. The molecule has 0 atom stereocenters. The maximum absolute atomic E-state index is 5.77. The molecule has 74 valence electrons. The highest BCUT2D eigenvalue weighted by molar-refractivity contribution is 6.29. The number of hydrogen-bond donors (Lipinski definition) is 0. The van der Waals surface area contributed by atoms with Crippen molar-refractivity contribution in [2.75, 3.05) is 0 Å². The van der Waals surface area contributed by atoms with E-state index < -0.39 is 0 Å². The van der Waals surface area contributed by atoms with Crippen LogP contribution in [0.25, 0.3) is 0 Å². The van der Waals surface area contributed by atoms with Gasteiger partial charge in [-0.05, 0) is 13.3 Å². The molecule has 1 aromatic heterocycles. The van der Waals surface area contributed by atoms with Crippen LogP contribution in [0.2, 0.25) is 5.15 Å². The van der Waals surface area contributed by atoms with E-state index in [1.807, 2.05) is 13.1 Å². The fourth-order valence-electron chi connectivity index (χ4n) is 1.40. The molecule has 0 aromatic carbocycles. The van der Waals surface area contributed by atoms with Crippen LogP contribution in [0.4, 0.5) is 0 Å². The third-order valence-electron chi connectivity index (χ3n) is 2.20. The maximum Gasteiger partial charge on any atom is 0.147 e. The van der Waals surface area contributed by atoms with Gasteiger partial charge in [-0.3, -0.25) is 0 Å².